The van der Waals surface area contributed by atoms with E-state index >= 15 is 0 Å². The molecule has 0 aliphatic rings. The fourth-order valence-electron chi connectivity index (χ4n) is 3.77. The zero-order valence-electron chi connectivity index (χ0n) is 17.5. The van der Waals surface area contributed by atoms with Gasteiger partial charge in [-0.2, -0.15) is 0 Å². The number of aryl methyl sites for hydroxylation is 1. The molecule has 3 aromatic carbocycles. The lowest BCUT2D eigenvalue weighted by Gasteiger charge is -2.10. The molecule has 0 spiro atoms. The van der Waals surface area contributed by atoms with E-state index in [1.54, 1.807) is 11.6 Å². The van der Waals surface area contributed by atoms with Crippen LogP contribution in [0.25, 0.3) is 22.2 Å². The third kappa shape index (κ3) is 4.02. The van der Waals surface area contributed by atoms with Crippen molar-refractivity contribution >= 4 is 33.4 Å². The van der Waals surface area contributed by atoms with Crippen LogP contribution in [0.1, 0.15) is 28.7 Å². The van der Waals surface area contributed by atoms with Gasteiger partial charge in [-0.25, -0.2) is 4.98 Å². The van der Waals surface area contributed by atoms with Crippen LogP contribution in [0.3, 0.4) is 0 Å². The Bertz CT molecular complexity index is 1360. The van der Waals surface area contributed by atoms with E-state index in [1.165, 1.54) is 28.0 Å². The quantitative estimate of drug-likeness (QED) is 0.384. The number of carbonyl (C=O) groups excluding carboxylic acids is 1. The van der Waals surface area contributed by atoms with Gasteiger partial charge in [0.15, 0.2) is 0 Å². The zero-order valence-corrected chi connectivity index (χ0v) is 18.3. The number of hydrogen-bond acceptors (Lipinski definition) is 5. The fourth-order valence-corrected chi connectivity index (χ4v) is 4.21. The van der Waals surface area contributed by atoms with Crippen molar-refractivity contribution < 1.29 is 4.79 Å². The van der Waals surface area contributed by atoms with Crippen molar-refractivity contribution in [2.24, 2.45) is 0 Å². The number of nitrogens with zero attached hydrogens (tertiary/aromatic N) is 4. The molecule has 0 fully saturated rings. The first kappa shape index (κ1) is 20.1. The van der Waals surface area contributed by atoms with Gasteiger partial charge in [-0.1, -0.05) is 72.9 Å². The number of benzene rings is 3. The van der Waals surface area contributed by atoms with Gasteiger partial charge in [0.25, 0.3) is 5.91 Å². The maximum absolute atomic E-state index is 12.7. The number of fused-ring (bicyclic) bond motifs is 1. The number of hydrogen-bond donors (Lipinski definition) is 1. The molecule has 158 valence electrons. The molecule has 0 aliphatic heterocycles. The van der Waals surface area contributed by atoms with Crippen molar-refractivity contribution in [3.05, 3.63) is 95.3 Å². The number of nitrogens with one attached hydrogen (secondary N) is 1. The van der Waals surface area contributed by atoms with Crippen LogP contribution in [-0.2, 0) is 13.0 Å². The minimum Gasteiger partial charge on any atom is -0.323 e. The number of imidazole rings is 1. The highest BCUT2D eigenvalue weighted by Gasteiger charge is 2.14. The second kappa shape index (κ2) is 8.72. The predicted molar refractivity (Wildman–Crippen MR) is 128 cm³/mol. The highest BCUT2D eigenvalue weighted by Crippen LogP contribution is 2.23. The smallest absolute Gasteiger partial charge is 0.257 e. The van der Waals surface area contributed by atoms with E-state index in [-0.39, 0.29) is 5.91 Å². The first-order valence-corrected chi connectivity index (χ1v) is 11.3. The summed E-state index contributed by atoms with van der Waals surface area (Å²) in [7, 11) is 0. The van der Waals surface area contributed by atoms with Crippen molar-refractivity contribution in [3.63, 3.8) is 0 Å². The molecule has 6 nitrogen and oxygen atoms in total. The molecule has 7 heteroatoms. The lowest BCUT2D eigenvalue weighted by molar-refractivity contribution is 0.102. The molecule has 0 atom stereocenters. The topological polar surface area (TPSA) is 72.7 Å². The zero-order chi connectivity index (χ0) is 21.9. The second-order valence-corrected chi connectivity index (χ2v) is 8.27. The molecule has 2 aromatic heterocycles. The first-order valence-electron chi connectivity index (χ1n) is 10.4. The lowest BCUT2D eigenvalue weighted by atomic mass is 10.0. The Balaban J connectivity index is 1.45. The van der Waals surface area contributed by atoms with Crippen molar-refractivity contribution in [2.45, 2.75) is 19.9 Å². The van der Waals surface area contributed by atoms with Crippen molar-refractivity contribution in [1.82, 2.24) is 19.7 Å². The average Bonchev–Trinajstić information content (AvgIpc) is 3.47. The van der Waals surface area contributed by atoms with E-state index in [2.05, 4.69) is 63.4 Å². The highest BCUT2D eigenvalue weighted by molar-refractivity contribution is 7.13. The maximum atomic E-state index is 12.7. The Kier molecular flexibility index (Phi) is 5.47. The number of anilines is 1. The highest BCUT2D eigenvalue weighted by atomic mass is 32.1. The van der Waals surface area contributed by atoms with E-state index in [1.807, 2.05) is 30.3 Å². The van der Waals surface area contributed by atoms with Crippen LogP contribution >= 0.6 is 11.3 Å². The Morgan fingerprint density at radius 1 is 1.00 bits per heavy atom. The van der Waals surface area contributed by atoms with Gasteiger partial charge in [0.05, 0.1) is 11.0 Å². The monoisotopic (exact) mass is 439 g/mol. The summed E-state index contributed by atoms with van der Waals surface area (Å²) in [5.41, 5.74) is 7.56. The molecule has 1 amide bonds. The van der Waals surface area contributed by atoms with Crippen molar-refractivity contribution in [2.75, 3.05) is 5.32 Å². The van der Waals surface area contributed by atoms with Gasteiger partial charge in [0.2, 0.25) is 5.13 Å². The normalized spacial score (nSPS) is 11.0. The molecule has 0 radical (unpaired) electrons. The van der Waals surface area contributed by atoms with Gasteiger partial charge >= 0.3 is 0 Å². The molecule has 0 unspecified atom stereocenters. The van der Waals surface area contributed by atoms with E-state index in [4.69, 9.17) is 4.98 Å². The molecule has 0 bridgehead atoms. The summed E-state index contributed by atoms with van der Waals surface area (Å²) in [5, 5.41) is 10.9. The standard InChI is InChI=1S/C25H21N5OS/c1-2-23-27-21-13-12-20(24(31)28-25-29-26-16-32-25)14-22(21)30(23)15-17-8-10-19(11-9-17)18-6-4-3-5-7-18/h3-14,16H,2,15H2,1H3,(H,28,29,31). The van der Waals surface area contributed by atoms with Crippen LogP contribution in [0.2, 0.25) is 0 Å². The Labute approximate surface area is 189 Å². The summed E-state index contributed by atoms with van der Waals surface area (Å²) in [5.74, 6) is 0.787. The molecule has 0 saturated heterocycles. The third-order valence-electron chi connectivity index (χ3n) is 5.39. The van der Waals surface area contributed by atoms with Crippen LogP contribution in [0.5, 0.6) is 0 Å². The fraction of sp³-hybridized carbons (Fsp3) is 0.120. The molecule has 2 heterocycles. The molecule has 0 saturated carbocycles. The van der Waals surface area contributed by atoms with Crippen LogP contribution < -0.4 is 5.32 Å². The van der Waals surface area contributed by atoms with E-state index in [0.717, 1.165) is 23.3 Å². The van der Waals surface area contributed by atoms with Crippen molar-refractivity contribution in [3.8, 4) is 11.1 Å². The van der Waals surface area contributed by atoms with Crippen LogP contribution in [0, 0.1) is 0 Å². The summed E-state index contributed by atoms with van der Waals surface area (Å²) >= 11 is 1.29. The minimum absolute atomic E-state index is 0.207. The maximum Gasteiger partial charge on any atom is 0.257 e. The Hall–Kier alpha value is -3.84. The van der Waals surface area contributed by atoms with Crippen LogP contribution in [-0.4, -0.2) is 25.7 Å². The van der Waals surface area contributed by atoms with Gasteiger partial charge in [-0.3, -0.25) is 10.1 Å². The summed E-state index contributed by atoms with van der Waals surface area (Å²) in [6.45, 7) is 2.79. The van der Waals surface area contributed by atoms with Gasteiger partial charge in [-0.05, 0) is 34.9 Å². The average molecular weight is 440 g/mol. The number of amides is 1. The van der Waals surface area contributed by atoms with E-state index in [9.17, 15) is 4.79 Å². The first-order chi connectivity index (χ1) is 15.7. The van der Waals surface area contributed by atoms with Gasteiger partial charge in [-0.15, -0.1) is 10.2 Å². The number of rotatable bonds is 6. The Morgan fingerprint density at radius 2 is 1.78 bits per heavy atom. The molecule has 1 N–H and O–H groups in total. The number of carbonyl (C=O) groups is 1. The van der Waals surface area contributed by atoms with Crippen LogP contribution in [0.15, 0.2) is 78.3 Å². The van der Waals surface area contributed by atoms with E-state index < -0.39 is 0 Å². The number of aromatic nitrogens is 4. The third-order valence-corrected chi connectivity index (χ3v) is 5.99. The molecular formula is C25H21N5OS. The SMILES string of the molecule is CCc1nc2ccc(C(=O)Nc3nncs3)cc2n1Cc1ccc(-c2ccccc2)cc1. The van der Waals surface area contributed by atoms with Gasteiger partial charge in [0, 0.05) is 18.5 Å². The molecule has 5 aromatic rings. The summed E-state index contributed by atoms with van der Waals surface area (Å²) in [4.78, 5) is 17.5. The minimum atomic E-state index is -0.207. The largest absolute Gasteiger partial charge is 0.323 e. The lowest BCUT2D eigenvalue weighted by Crippen LogP contribution is -2.12. The molecular weight excluding hydrogens is 418 g/mol. The van der Waals surface area contributed by atoms with E-state index in [0.29, 0.717) is 17.2 Å². The predicted octanol–water partition coefficient (Wildman–Crippen LogP) is 5.42. The van der Waals surface area contributed by atoms with Crippen LogP contribution in [0.4, 0.5) is 5.13 Å². The Morgan fingerprint density at radius 3 is 2.50 bits per heavy atom. The summed E-state index contributed by atoms with van der Waals surface area (Å²) in [6, 6.07) is 24.5. The summed E-state index contributed by atoms with van der Waals surface area (Å²) < 4.78 is 2.19. The van der Waals surface area contributed by atoms with Gasteiger partial charge in [0.1, 0.15) is 11.3 Å². The van der Waals surface area contributed by atoms with Crippen molar-refractivity contribution in [1.29, 1.82) is 0 Å². The molecule has 32 heavy (non-hydrogen) atoms. The molecule has 5 rings (SSSR count). The molecule has 0 aliphatic carbocycles. The summed E-state index contributed by atoms with van der Waals surface area (Å²) in [6.07, 6.45) is 0.809. The van der Waals surface area contributed by atoms with Gasteiger partial charge < -0.3 is 4.57 Å². The second-order valence-electron chi connectivity index (χ2n) is 7.43.